The van der Waals surface area contributed by atoms with Crippen molar-refractivity contribution in [3.05, 3.63) is 42.1 Å². The van der Waals surface area contributed by atoms with E-state index in [0.717, 1.165) is 5.56 Å². The topological polar surface area (TPSA) is 77.7 Å². The van der Waals surface area contributed by atoms with Gasteiger partial charge in [0.05, 0.1) is 19.0 Å². The predicted molar refractivity (Wildman–Crippen MR) is 94.9 cm³/mol. The first-order chi connectivity index (χ1) is 11.9. The molecule has 0 saturated carbocycles. The molecule has 1 amide bonds. The van der Waals surface area contributed by atoms with Crippen LogP contribution in [0.2, 0.25) is 0 Å². The van der Waals surface area contributed by atoms with Crippen LogP contribution in [0.15, 0.2) is 41.7 Å². The summed E-state index contributed by atoms with van der Waals surface area (Å²) in [6.45, 7) is 5.73. The Kier molecular flexibility index (Phi) is 4.48. The van der Waals surface area contributed by atoms with Crippen molar-refractivity contribution in [2.45, 2.75) is 38.8 Å². The van der Waals surface area contributed by atoms with Gasteiger partial charge in [0.2, 0.25) is 5.60 Å². The summed E-state index contributed by atoms with van der Waals surface area (Å²) in [6.07, 6.45) is 2.01. The summed E-state index contributed by atoms with van der Waals surface area (Å²) in [5, 5.41) is 11.2. The molecule has 7 heteroatoms. The fraction of sp³-hybridized carbons (Fsp3) is 0.389. The molecule has 25 heavy (non-hydrogen) atoms. The third-order valence-corrected chi connectivity index (χ3v) is 4.16. The smallest absolute Gasteiger partial charge is 0.272 e. The lowest BCUT2D eigenvalue weighted by Gasteiger charge is -2.21. The molecular weight excluding hydrogens is 320 g/mol. The normalized spacial score (nSPS) is 19.5. The van der Waals surface area contributed by atoms with Crippen molar-refractivity contribution < 1.29 is 14.4 Å². The van der Waals surface area contributed by atoms with E-state index in [0.29, 0.717) is 23.7 Å². The van der Waals surface area contributed by atoms with Crippen LogP contribution in [0.4, 0.5) is 5.82 Å². The van der Waals surface area contributed by atoms with Crippen LogP contribution in [0.25, 0.3) is 0 Å². The fourth-order valence-electron chi connectivity index (χ4n) is 2.76. The first-order valence-electron chi connectivity index (χ1n) is 8.18. The van der Waals surface area contributed by atoms with E-state index < -0.39 is 5.60 Å². The van der Waals surface area contributed by atoms with Crippen molar-refractivity contribution in [3.63, 3.8) is 0 Å². The minimum absolute atomic E-state index is 0.142. The molecule has 7 nitrogen and oxygen atoms in total. The summed E-state index contributed by atoms with van der Waals surface area (Å²) in [5.74, 6) is 1.08. The van der Waals surface area contributed by atoms with Crippen LogP contribution < -0.4 is 10.1 Å². The van der Waals surface area contributed by atoms with Crippen LogP contribution in [0.1, 0.15) is 38.8 Å². The van der Waals surface area contributed by atoms with Gasteiger partial charge in [-0.05, 0) is 32.9 Å². The number of benzene rings is 1. The van der Waals surface area contributed by atoms with E-state index in [4.69, 9.17) is 9.57 Å². The number of ether oxygens (including phenoxy) is 1. The van der Waals surface area contributed by atoms with Crippen molar-refractivity contribution in [2.75, 3.05) is 12.4 Å². The summed E-state index contributed by atoms with van der Waals surface area (Å²) in [7, 11) is 1.61. The Labute approximate surface area is 146 Å². The second-order valence-corrected chi connectivity index (χ2v) is 6.45. The standard InChI is InChI=1S/C18H22N4O3/c1-12(2)22-16(9-10-19-22)20-17(23)18(3)11-14(21-25-18)13-7-5-6-8-15(13)24-4/h5-10,12H,11H2,1-4H3,(H,20,23)/t18-/m1/s1. The molecule has 1 atom stereocenters. The van der Waals surface area contributed by atoms with Crippen LogP contribution in [0, 0.1) is 0 Å². The molecule has 132 valence electrons. The molecule has 0 spiro atoms. The summed E-state index contributed by atoms with van der Waals surface area (Å²) in [5.41, 5.74) is 0.434. The van der Waals surface area contributed by atoms with Gasteiger partial charge in [0.15, 0.2) is 0 Å². The Balaban J connectivity index is 1.76. The van der Waals surface area contributed by atoms with E-state index in [-0.39, 0.29) is 11.9 Å². The van der Waals surface area contributed by atoms with Crippen LogP contribution in [0.3, 0.4) is 0 Å². The van der Waals surface area contributed by atoms with Gasteiger partial charge < -0.3 is 14.9 Å². The lowest BCUT2D eigenvalue weighted by atomic mass is 9.94. The summed E-state index contributed by atoms with van der Waals surface area (Å²) in [6, 6.07) is 9.45. The monoisotopic (exact) mass is 342 g/mol. The quantitative estimate of drug-likeness (QED) is 0.906. The van der Waals surface area contributed by atoms with Crippen molar-refractivity contribution >= 4 is 17.4 Å². The van der Waals surface area contributed by atoms with Gasteiger partial charge in [-0.25, -0.2) is 4.68 Å². The summed E-state index contributed by atoms with van der Waals surface area (Å²) >= 11 is 0. The van der Waals surface area contributed by atoms with Crippen molar-refractivity contribution in [3.8, 4) is 5.75 Å². The number of rotatable bonds is 5. The van der Waals surface area contributed by atoms with Crippen LogP contribution in [-0.2, 0) is 9.63 Å². The van der Waals surface area contributed by atoms with Crippen LogP contribution in [-0.4, -0.2) is 34.1 Å². The van der Waals surface area contributed by atoms with Gasteiger partial charge in [0.1, 0.15) is 11.6 Å². The van der Waals surface area contributed by atoms with E-state index in [1.54, 1.807) is 31.0 Å². The molecule has 2 aromatic rings. The minimum Gasteiger partial charge on any atom is -0.496 e. The second-order valence-electron chi connectivity index (χ2n) is 6.45. The molecule has 1 aliphatic rings. The number of anilines is 1. The molecule has 0 bridgehead atoms. The number of methoxy groups -OCH3 is 1. The fourth-order valence-corrected chi connectivity index (χ4v) is 2.76. The molecule has 3 rings (SSSR count). The molecule has 2 heterocycles. The highest BCUT2D eigenvalue weighted by molar-refractivity contribution is 6.09. The van der Waals surface area contributed by atoms with Gasteiger partial charge in [0.25, 0.3) is 5.91 Å². The number of amides is 1. The highest BCUT2D eigenvalue weighted by atomic mass is 16.7. The average Bonchev–Trinajstić information content (AvgIpc) is 3.22. The molecule has 0 unspecified atom stereocenters. The van der Waals surface area contributed by atoms with Crippen molar-refractivity contribution in [2.24, 2.45) is 5.16 Å². The number of hydrogen-bond donors (Lipinski definition) is 1. The first kappa shape index (κ1) is 17.0. The summed E-state index contributed by atoms with van der Waals surface area (Å²) < 4.78 is 7.11. The lowest BCUT2D eigenvalue weighted by Crippen LogP contribution is -2.40. The third-order valence-electron chi connectivity index (χ3n) is 4.16. The Morgan fingerprint density at radius 3 is 2.84 bits per heavy atom. The van der Waals surface area contributed by atoms with Gasteiger partial charge in [-0.15, -0.1) is 0 Å². The Hall–Kier alpha value is -2.83. The molecule has 0 aliphatic carbocycles. The van der Waals surface area contributed by atoms with Gasteiger partial charge in [0, 0.05) is 24.1 Å². The van der Waals surface area contributed by atoms with Gasteiger partial charge >= 0.3 is 0 Å². The molecule has 0 radical (unpaired) electrons. The van der Waals surface area contributed by atoms with Crippen LogP contribution >= 0.6 is 0 Å². The number of oxime groups is 1. The van der Waals surface area contributed by atoms with Crippen LogP contribution in [0.5, 0.6) is 5.75 Å². The zero-order valence-corrected chi connectivity index (χ0v) is 14.8. The molecule has 1 aliphatic heterocycles. The first-order valence-corrected chi connectivity index (χ1v) is 8.18. The molecule has 1 N–H and O–H groups in total. The largest absolute Gasteiger partial charge is 0.496 e. The summed E-state index contributed by atoms with van der Waals surface area (Å²) in [4.78, 5) is 18.3. The maximum absolute atomic E-state index is 12.8. The third kappa shape index (κ3) is 3.22. The second kappa shape index (κ2) is 6.58. The number of nitrogens with one attached hydrogen (secondary N) is 1. The van der Waals surface area contributed by atoms with E-state index in [2.05, 4.69) is 15.6 Å². The highest BCUT2D eigenvalue weighted by Gasteiger charge is 2.43. The van der Waals surface area contributed by atoms with Gasteiger partial charge in [-0.3, -0.25) is 4.79 Å². The van der Waals surface area contributed by atoms with E-state index >= 15 is 0 Å². The average molecular weight is 342 g/mol. The Morgan fingerprint density at radius 1 is 1.36 bits per heavy atom. The molecule has 1 aromatic carbocycles. The predicted octanol–water partition coefficient (Wildman–Crippen LogP) is 2.99. The number of para-hydroxylation sites is 1. The van der Waals surface area contributed by atoms with E-state index in [1.807, 2.05) is 38.1 Å². The number of nitrogens with zero attached hydrogens (tertiary/aromatic N) is 3. The highest BCUT2D eigenvalue weighted by Crippen LogP contribution is 2.31. The Morgan fingerprint density at radius 2 is 2.12 bits per heavy atom. The molecular formula is C18H22N4O3. The zero-order valence-electron chi connectivity index (χ0n) is 14.8. The zero-order chi connectivity index (χ0) is 18.0. The van der Waals surface area contributed by atoms with E-state index in [9.17, 15) is 4.79 Å². The SMILES string of the molecule is COc1ccccc1C1=NO[C@@](C)(C(=O)Nc2ccnn2C(C)C)C1. The molecule has 0 saturated heterocycles. The number of carbonyl (C=O) groups is 1. The number of hydrogen-bond acceptors (Lipinski definition) is 5. The van der Waals surface area contributed by atoms with Crippen molar-refractivity contribution in [1.82, 2.24) is 9.78 Å². The van der Waals surface area contributed by atoms with Crippen molar-refractivity contribution in [1.29, 1.82) is 0 Å². The number of aromatic nitrogens is 2. The Bertz CT molecular complexity index is 812. The lowest BCUT2D eigenvalue weighted by molar-refractivity contribution is -0.136. The molecule has 1 aromatic heterocycles. The molecule has 0 fully saturated rings. The minimum atomic E-state index is -1.08. The number of carbonyl (C=O) groups excluding carboxylic acids is 1. The van der Waals surface area contributed by atoms with Gasteiger partial charge in [-0.1, -0.05) is 17.3 Å². The van der Waals surface area contributed by atoms with E-state index in [1.165, 1.54) is 0 Å². The van der Waals surface area contributed by atoms with Gasteiger partial charge in [-0.2, -0.15) is 5.10 Å². The maximum Gasteiger partial charge on any atom is 0.272 e. The maximum atomic E-state index is 12.8.